The minimum atomic E-state index is -2.20. The van der Waals surface area contributed by atoms with E-state index in [4.69, 9.17) is 5.73 Å². The Morgan fingerprint density at radius 2 is 1.87 bits per heavy atom. The molecule has 0 spiro atoms. The molecule has 3 N–H and O–H groups in total. The first kappa shape index (κ1) is 26.6. The van der Waals surface area contributed by atoms with Gasteiger partial charge in [-0.2, -0.15) is 0 Å². The number of amides is 3. The van der Waals surface area contributed by atoms with Crippen molar-refractivity contribution in [2.75, 3.05) is 18.8 Å². The van der Waals surface area contributed by atoms with E-state index in [1.54, 1.807) is 4.90 Å². The fourth-order valence-electron chi connectivity index (χ4n) is 5.89. The van der Waals surface area contributed by atoms with Crippen LogP contribution in [-0.4, -0.2) is 55.5 Å². The van der Waals surface area contributed by atoms with Crippen LogP contribution in [0.4, 0.5) is 5.69 Å². The van der Waals surface area contributed by atoms with E-state index < -0.39 is 14.1 Å². The van der Waals surface area contributed by atoms with Gasteiger partial charge in [-0.1, -0.05) is 49.5 Å². The summed E-state index contributed by atoms with van der Waals surface area (Å²) in [5.41, 5.74) is 13.5. The van der Waals surface area contributed by atoms with Gasteiger partial charge in [-0.25, -0.2) is 4.99 Å². The summed E-state index contributed by atoms with van der Waals surface area (Å²) in [6.07, 6.45) is 7.35. The summed E-state index contributed by atoms with van der Waals surface area (Å²) in [4.78, 5) is 43.2. The SMILES string of the molecule is CC(=O)NCC(=O)N1CCCC1C(=O)N=C1C=CC2=C(c3ccccc3C)c3ccc(N)cc3[Si](C)(C)C2=C1. The van der Waals surface area contributed by atoms with Gasteiger partial charge >= 0.3 is 0 Å². The van der Waals surface area contributed by atoms with Crippen molar-refractivity contribution in [3.8, 4) is 0 Å². The maximum absolute atomic E-state index is 13.3. The second-order valence-corrected chi connectivity index (χ2v) is 15.3. The van der Waals surface area contributed by atoms with Crippen LogP contribution in [0, 0.1) is 6.92 Å². The number of nitrogens with one attached hydrogen (secondary N) is 1. The maximum Gasteiger partial charge on any atom is 0.268 e. The highest BCUT2D eigenvalue weighted by Gasteiger charge is 2.40. The smallest absolute Gasteiger partial charge is 0.268 e. The third-order valence-corrected chi connectivity index (χ3v) is 11.5. The summed E-state index contributed by atoms with van der Waals surface area (Å²) in [7, 11) is -2.20. The van der Waals surface area contributed by atoms with Crippen LogP contribution in [-0.2, 0) is 14.4 Å². The van der Waals surface area contributed by atoms with Gasteiger partial charge in [0.15, 0.2) is 0 Å². The molecule has 1 unspecified atom stereocenters. The predicted molar refractivity (Wildman–Crippen MR) is 158 cm³/mol. The summed E-state index contributed by atoms with van der Waals surface area (Å²) >= 11 is 0. The predicted octanol–water partition coefficient (Wildman–Crippen LogP) is 3.44. The molecule has 8 heteroatoms. The van der Waals surface area contributed by atoms with E-state index in [9.17, 15) is 14.4 Å². The fraction of sp³-hybridized carbons (Fsp3) is 0.290. The third-order valence-electron chi connectivity index (χ3n) is 7.93. The number of likely N-dealkylation sites (tertiary alicyclic amines) is 1. The number of aryl methyl sites for hydroxylation is 1. The summed E-state index contributed by atoms with van der Waals surface area (Å²) in [5.74, 6) is -0.866. The zero-order valence-corrected chi connectivity index (χ0v) is 23.9. The molecule has 1 fully saturated rings. The van der Waals surface area contributed by atoms with Gasteiger partial charge in [0.05, 0.1) is 12.3 Å². The molecule has 3 aliphatic rings. The number of aliphatic imine (C=N–C) groups is 1. The van der Waals surface area contributed by atoms with Crippen LogP contribution in [0.3, 0.4) is 0 Å². The number of nitrogen functional groups attached to an aromatic ring is 1. The average Bonchev–Trinajstić information content (AvgIpc) is 3.39. The molecule has 5 rings (SSSR count). The van der Waals surface area contributed by atoms with Crippen LogP contribution in [0.25, 0.3) is 5.57 Å². The zero-order valence-electron chi connectivity index (χ0n) is 22.9. The van der Waals surface area contributed by atoms with Crippen molar-refractivity contribution in [2.45, 2.75) is 45.8 Å². The van der Waals surface area contributed by atoms with Gasteiger partial charge in [0.2, 0.25) is 11.8 Å². The third kappa shape index (κ3) is 4.92. The number of nitrogens with two attached hydrogens (primary N) is 1. The summed E-state index contributed by atoms with van der Waals surface area (Å²) in [6, 6.07) is 14.0. The number of anilines is 1. The van der Waals surface area contributed by atoms with Crippen LogP contribution in [0.5, 0.6) is 0 Å². The molecule has 200 valence electrons. The monoisotopic (exact) mass is 538 g/mol. The Morgan fingerprint density at radius 1 is 1.10 bits per heavy atom. The lowest BCUT2D eigenvalue weighted by Crippen LogP contribution is -2.49. The Labute approximate surface area is 230 Å². The van der Waals surface area contributed by atoms with Gasteiger partial charge in [0.1, 0.15) is 14.1 Å². The maximum atomic E-state index is 13.3. The standard InChI is InChI=1S/C31H34N4O3Si/c1-19-8-5-6-9-23(19)30-24-13-11-21(32)16-27(24)39(3,4)28-17-22(12-14-25(28)30)34-31(38)26-10-7-15-35(26)29(37)18-33-20(2)36/h5-6,8-9,11-14,16-17,26H,7,10,15,18,32H2,1-4H3,(H,33,36). The fourth-order valence-corrected chi connectivity index (χ4v) is 8.98. The topological polar surface area (TPSA) is 105 Å². The molecular weight excluding hydrogens is 504 g/mol. The van der Waals surface area contributed by atoms with Gasteiger partial charge in [-0.3, -0.25) is 14.4 Å². The molecule has 2 heterocycles. The lowest BCUT2D eigenvalue weighted by Gasteiger charge is -2.38. The molecule has 1 aliphatic carbocycles. The van der Waals surface area contributed by atoms with Crippen LogP contribution in [0.1, 0.15) is 36.5 Å². The Kier molecular flexibility index (Phi) is 6.99. The van der Waals surface area contributed by atoms with Crippen molar-refractivity contribution in [2.24, 2.45) is 4.99 Å². The molecule has 0 radical (unpaired) electrons. The molecule has 7 nitrogen and oxygen atoms in total. The second-order valence-electron chi connectivity index (χ2n) is 11.0. The average molecular weight is 539 g/mol. The first-order valence-corrected chi connectivity index (χ1v) is 16.4. The Balaban J connectivity index is 1.55. The van der Waals surface area contributed by atoms with Crippen molar-refractivity contribution in [3.05, 3.63) is 88.2 Å². The van der Waals surface area contributed by atoms with Gasteiger partial charge in [0, 0.05) is 19.2 Å². The molecule has 0 bridgehead atoms. The van der Waals surface area contributed by atoms with Crippen molar-refractivity contribution in [1.29, 1.82) is 0 Å². The summed E-state index contributed by atoms with van der Waals surface area (Å²) in [6.45, 7) is 8.48. The van der Waals surface area contributed by atoms with Gasteiger partial charge in [0.25, 0.3) is 5.91 Å². The highest BCUT2D eigenvalue weighted by Crippen LogP contribution is 2.42. The Morgan fingerprint density at radius 3 is 2.62 bits per heavy atom. The normalized spacial score (nSPS) is 20.4. The van der Waals surface area contributed by atoms with Crippen LogP contribution >= 0.6 is 0 Å². The number of rotatable bonds is 4. The molecule has 2 aromatic rings. The van der Waals surface area contributed by atoms with Gasteiger partial charge in [-0.05, 0) is 82.3 Å². The van der Waals surface area contributed by atoms with E-state index in [2.05, 4.69) is 72.8 Å². The van der Waals surface area contributed by atoms with Crippen molar-refractivity contribution < 1.29 is 14.4 Å². The minimum Gasteiger partial charge on any atom is -0.399 e. The van der Waals surface area contributed by atoms with E-state index in [0.717, 1.165) is 17.7 Å². The first-order chi connectivity index (χ1) is 18.6. The molecular formula is C31H34N4O3Si. The number of carbonyl (C=O) groups is 3. The van der Waals surface area contributed by atoms with E-state index in [-0.39, 0.29) is 24.3 Å². The molecule has 1 atom stereocenters. The number of carbonyl (C=O) groups excluding carboxylic acids is 3. The number of hydrogen-bond donors (Lipinski definition) is 2. The highest BCUT2D eigenvalue weighted by molar-refractivity contribution is 6.98. The molecule has 2 aromatic carbocycles. The molecule has 1 saturated heterocycles. The summed E-state index contributed by atoms with van der Waals surface area (Å²) in [5, 5.41) is 5.00. The van der Waals surface area contributed by atoms with Crippen LogP contribution < -0.4 is 16.2 Å². The molecule has 2 aliphatic heterocycles. The van der Waals surface area contributed by atoms with Crippen molar-refractivity contribution >= 4 is 48.0 Å². The molecule has 3 amide bonds. The lowest BCUT2D eigenvalue weighted by atomic mass is 9.87. The van der Waals surface area contributed by atoms with Gasteiger partial charge < -0.3 is 16.0 Å². The lowest BCUT2D eigenvalue weighted by molar-refractivity contribution is -0.137. The van der Waals surface area contributed by atoms with E-state index in [1.807, 2.05) is 18.2 Å². The quantitative estimate of drug-likeness (QED) is 0.460. The number of benzene rings is 2. The van der Waals surface area contributed by atoms with E-state index >= 15 is 0 Å². The highest BCUT2D eigenvalue weighted by atomic mass is 28.3. The molecule has 39 heavy (non-hydrogen) atoms. The number of nitrogens with zero attached hydrogens (tertiary/aromatic N) is 2. The Bertz CT molecular complexity index is 1520. The number of fused-ring (bicyclic) bond motifs is 2. The van der Waals surface area contributed by atoms with Crippen molar-refractivity contribution in [1.82, 2.24) is 10.2 Å². The molecule has 0 saturated carbocycles. The largest absolute Gasteiger partial charge is 0.399 e. The Hall–Kier alpha value is -4.04. The van der Waals surface area contributed by atoms with Crippen LogP contribution in [0.2, 0.25) is 13.1 Å². The second kappa shape index (κ2) is 10.3. The van der Waals surface area contributed by atoms with Gasteiger partial charge in [-0.15, -0.1) is 0 Å². The number of hydrogen-bond acceptors (Lipinski definition) is 4. The summed E-state index contributed by atoms with van der Waals surface area (Å²) < 4.78 is 0. The molecule has 0 aromatic heterocycles. The minimum absolute atomic E-state index is 0.113. The van der Waals surface area contributed by atoms with E-state index in [1.165, 1.54) is 39.6 Å². The van der Waals surface area contributed by atoms with E-state index in [0.29, 0.717) is 18.7 Å². The number of allylic oxidation sites excluding steroid dienone is 5. The van der Waals surface area contributed by atoms with Crippen LogP contribution in [0.15, 0.2) is 76.5 Å². The zero-order chi connectivity index (χ0) is 27.9. The van der Waals surface area contributed by atoms with Crippen molar-refractivity contribution in [3.63, 3.8) is 0 Å². The first-order valence-electron chi connectivity index (χ1n) is 13.4.